The van der Waals surface area contributed by atoms with E-state index < -0.39 is 0 Å². The highest BCUT2D eigenvalue weighted by atomic mass is 35.5. The van der Waals surface area contributed by atoms with Crippen LogP contribution in [0.3, 0.4) is 0 Å². The molecule has 1 rings (SSSR count). The molecule has 0 radical (unpaired) electrons. The van der Waals surface area contributed by atoms with Crippen LogP contribution in [0.15, 0.2) is 6.20 Å². The third-order valence-corrected chi connectivity index (χ3v) is 2.09. The summed E-state index contributed by atoms with van der Waals surface area (Å²) in [6, 6.07) is 0. The van der Waals surface area contributed by atoms with Crippen molar-refractivity contribution in [1.29, 1.82) is 0 Å². The summed E-state index contributed by atoms with van der Waals surface area (Å²) in [6.45, 7) is 4.00. The molecule has 0 aliphatic rings. The number of nitrogen functional groups attached to an aromatic ring is 1. The first-order valence-corrected chi connectivity index (χ1v) is 5.09. The highest BCUT2D eigenvalue weighted by Crippen LogP contribution is 2.19. The molecule has 6 heteroatoms. The van der Waals surface area contributed by atoms with Crippen molar-refractivity contribution in [2.24, 2.45) is 0 Å². The molecule has 0 fully saturated rings. The molecule has 0 saturated heterocycles. The molecular formula is C9H15ClN4O. The lowest BCUT2D eigenvalue weighted by Crippen LogP contribution is -2.24. The minimum atomic E-state index is 0.197. The Labute approximate surface area is 94.2 Å². The first kappa shape index (κ1) is 12.0. The summed E-state index contributed by atoms with van der Waals surface area (Å²) in [7, 11) is 1.88. The van der Waals surface area contributed by atoms with Crippen LogP contribution in [0.25, 0.3) is 0 Å². The summed E-state index contributed by atoms with van der Waals surface area (Å²) in [5.74, 6) is 0.634. The number of halogens is 1. The van der Waals surface area contributed by atoms with Gasteiger partial charge in [-0.05, 0) is 18.5 Å². The van der Waals surface area contributed by atoms with Gasteiger partial charge in [0.25, 0.3) is 0 Å². The average Bonchev–Trinajstić information content (AvgIpc) is 2.22. The molecule has 15 heavy (non-hydrogen) atoms. The zero-order valence-electron chi connectivity index (χ0n) is 8.90. The fourth-order valence-corrected chi connectivity index (χ4v) is 1.25. The SMILES string of the molecule is CCOCCN(C)c1nc(Cl)ncc1N. The molecular weight excluding hydrogens is 216 g/mol. The molecule has 1 aromatic heterocycles. The molecule has 1 aromatic rings. The van der Waals surface area contributed by atoms with Gasteiger partial charge >= 0.3 is 0 Å². The van der Waals surface area contributed by atoms with Gasteiger partial charge in [-0.2, -0.15) is 4.98 Å². The Morgan fingerprint density at radius 3 is 3.00 bits per heavy atom. The number of likely N-dealkylation sites (N-methyl/N-ethyl adjacent to an activating group) is 1. The number of rotatable bonds is 5. The topological polar surface area (TPSA) is 64.3 Å². The molecule has 0 unspecified atom stereocenters. The Morgan fingerprint density at radius 2 is 2.33 bits per heavy atom. The van der Waals surface area contributed by atoms with Crippen LogP contribution in [-0.2, 0) is 4.74 Å². The van der Waals surface area contributed by atoms with Crippen molar-refractivity contribution in [3.63, 3.8) is 0 Å². The van der Waals surface area contributed by atoms with Crippen molar-refractivity contribution >= 4 is 23.1 Å². The van der Waals surface area contributed by atoms with Crippen molar-refractivity contribution in [2.45, 2.75) is 6.92 Å². The number of anilines is 2. The summed E-state index contributed by atoms with van der Waals surface area (Å²) in [4.78, 5) is 9.73. The maximum absolute atomic E-state index is 5.73. The number of hydrogen-bond donors (Lipinski definition) is 1. The van der Waals surface area contributed by atoms with E-state index in [1.807, 2.05) is 18.9 Å². The maximum Gasteiger partial charge on any atom is 0.224 e. The van der Waals surface area contributed by atoms with Crippen LogP contribution < -0.4 is 10.6 Å². The Kier molecular flexibility index (Phi) is 4.58. The van der Waals surface area contributed by atoms with Gasteiger partial charge in [-0.3, -0.25) is 0 Å². The van der Waals surface area contributed by atoms with Gasteiger partial charge < -0.3 is 15.4 Å². The molecule has 0 aliphatic carbocycles. The first-order valence-electron chi connectivity index (χ1n) is 4.72. The van der Waals surface area contributed by atoms with Crippen molar-refractivity contribution in [1.82, 2.24) is 9.97 Å². The molecule has 0 aromatic carbocycles. The Bertz CT molecular complexity index is 321. The summed E-state index contributed by atoms with van der Waals surface area (Å²) < 4.78 is 5.24. The van der Waals surface area contributed by atoms with Crippen molar-refractivity contribution in [3.8, 4) is 0 Å². The van der Waals surface area contributed by atoms with Crippen LogP contribution in [0.4, 0.5) is 11.5 Å². The minimum absolute atomic E-state index is 0.197. The van der Waals surface area contributed by atoms with Gasteiger partial charge in [0.05, 0.1) is 18.5 Å². The van der Waals surface area contributed by atoms with Crippen LogP contribution >= 0.6 is 11.6 Å². The van der Waals surface area contributed by atoms with Crippen LogP contribution in [0.1, 0.15) is 6.92 Å². The van der Waals surface area contributed by atoms with E-state index in [0.29, 0.717) is 31.3 Å². The molecule has 2 N–H and O–H groups in total. The van der Waals surface area contributed by atoms with Crippen molar-refractivity contribution in [2.75, 3.05) is 37.4 Å². The molecule has 1 heterocycles. The molecule has 84 valence electrons. The number of ether oxygens (including phenoxy) is 1. The van der Waals surface area contributed by atoms with Gasteiger partial charge in [-0.25, -0.2) is 4.98 Å². The predicted molar refractivity (Wildman–Crippen MR) is 61.2 cm³/mol. The summed E-state index contributed by atoms with van der Waals surface area (Å²) >= 11 is 5.69. The third kappa shape index (κ3) is 3.53. The zero-order valence-corrected chi connectivity index (χ0v) is 9.66. The number of aromatic nitrogens is 2. The highest BCUT2D eigenvalue weighted by molar-refractivity contribution is 6.28. The summed E-state index contributed by atoms with van der Waals surface area (Å²) in [5.41, 5.74) is 6.24. The average molecular weight is 231 g/mol. The molecule has 5 nitrogen and oxygen atoms in total. The maximum atomic E-state index is 5.73. The second-order valence-electron chi connectivity index (χ2n) is 3.04. The Morgan fingerprint density at radius 1 is 1.60 bits per heavy atom. The van der Waals surface area contributed by atoms with E-state index in [2.05, 4.69) is 9.97 Å². The lowest BCUT2D eigenvalue weighted by atomic mass is 10.4. The molecule has 0 atom stereocenters. The molecule has 0 bridgehead atoms. The second kappa shape index (κ2) is 5.72. The number of hydrogen-bond acceptors (Lipinski definition) is 5. The molecule has 0 aliphatic heterocycles. The van der Waals surface area contributed by atoms with E-state index in [4.69, 9.17) is 22.1 Å². The van der Waals surface area contributed by atoms with Gasteiger partial charge in [-0.1, -0.05) is 0 Å². The van der Waals surface area contributed by atoms with Crippen LogP contribution in [0.5, 0.6) is 0 Å². The smallest absolute Gasteiger partial charge is 0.224 e. The van der Waals surface area contributed by atoms with Crippen LogP contribution in [0.2, 0.25) is 5.28 Å². The summed E-state index contributed by atoms with van der Waals surface area (Å²) in [6.07, 6.45) is 1.50. The molecule has 0 spiro atoms. The zero-order chi connectivity index (χ0) is 11.3. The fourth-order valence-electron chi connectivity index (χ4n) is 1.12. The second-order valence-corrected chi connectivity index (χ2v) is 3.37. The fraction of sp³-hybridized carbons (Fsp3) is 0.556. The van der Waals surface area contributed by atoms with E-state index >= 15 is 0 Å². The quantitative estimate of drug-likeness (QED) is 0.608. The lowest BCUT2D eigenvalue weighted by molar-refractivity contribution is 0.154. The van der Waals surface area contributed by atoms with Gasteiger partial charge in [0.1, 0.15) is 0 Å². The van der Waals surface area contributed by atoms with Gasteiger partial charge in [-0.15, -0.1) is 0 Å². The molecule has 0 saturated carbocycles. The number of nitrogens with zero attached hydrogens (tertiary/aromatic N) is 3. The standard InChI is InChI=1S/C9H15ClN4O/c1-3-15-5-4-14(2)8-7(11)6-12-9(10)13-8/h6H,3-5,11H2,1-2H3. The van der Waals surface area contributed by atoms with Crippen molar-refractivity contribution < 1.29 is 4.74 Å². The van der Waals surface area contributed by atoms with Gasteiger partial charge in [0.2, 0.25) is 5.28 Å². The Hall–Kier alpha value is -1.07. The van der Waals surface area contributed by atoms with E-state index in [1.165, 1.54) is 6.20 Å². The monoisotopic (exact) mass is 230 g/mol. The van der Waals surface area contributed by atoms with E-state index in [1.54, 1.807) is 0 Å². The van der Waals surface area contributed by atoms with Crippen molar-refractivity contribution in [3.05, 3.63) is 11.5 Å². The van der Waals surface area contributed by atoms with E-state index in [0.717, 1.165) is 0 Å². The third-order valence-electron chi connectivity index (χ3n) is 1.90. The van der Waals surface area contributed by atoms with Gasteiger partial charge in [0, 0.05) is 20.2 Å². The molecule has 0 amide bonds. The van der Waals surface area contributed by atoms with E-state index in [9.17, 15) is 0 Å². The van der Waals surface area contributed by atoms with Crippen LogP contribution in [0, 0.1) is 0 Å². The largest absolute Gasteiger partial charge is 0.394 e. The highest BCUT2D eigenvalue weighted by Gasteiger charge is 2.08. The van der Waals surface area contributed by atoms with Crippen LogP contribution in [-0.4, -0.2) is 36.8 Å². The Balaban J connectivity index is 2.64. The normalized spacial score (nSPS) is 10.3. The summed E-state index contributed by atoms with van der Waals surface area (Å²) in [5, 5.41) is 0.197. The number of nitrogens with two attached hydrogens (primary N) is 1. The predicted octanol–water partition coefficient (Wildman–Crippen LogP) is 1.18. The first-order chi connectivity index (χ1) is 7.15. The lowest BCUT2D eigenvalue weighted by Gasteiger charge is -2.19. The van der Waals surface area contributed by atoms with Gasteiger partial charge in [0.15, 0.2) is 5.82 Å². The van der Waals surface area contributed by atoms with E-state index in [-0.39, 0.29) is 5.28 Å². The minimum Gasteiger partial charge on any atom is -0.394 e.